The van der Waals surface area contributed by atoms with Crippen LogP contribution in [0.2, 0.25) is 0 Å². The zero-order chi connectivity index (χ0) is 15.9. The number of carbonyl (C=O) groups excluding carboxylic acids is 1. The van der Waals surface area contributed by atoms with Crippen molar-refractivity contribution in [3.63, 3.8) is 0 Å². The van der Waals surface area contributed by atoms with E-state index in [-0.39, 0.29) is 25.3 Å². The Kier molecular flexibility index (Phi) is 6.00. The third kappa shape index (κ3) is 4.33. The first-order valence-electron chi connectivity index (χ1n) is 6.61. The van der Waals surface area contributed by atoms with Gasteiger partial charge in [0.15, 0.2) is 11.6 Å². The molecule has 0 saturated heterocycles. The van der Waals surface area contributed by atoms with Crippen molar-refractivity contribution in [2.24, 2.45) is 0 Å². The lowest BCUT2D eigenvalue weighted by Gasteiger charge is -2.17. The Morgan fingerprint density at radius 3 is 2.77 bits per heavy atom. The van der Waals surface area contributed by atoms with E-state index in [4.69, 9.17) is 9.84 Å². The molecule has 1 unspecified atom stereocenters. The molecule has 4 nitrogen and oxygen atoms in total. The third-order valence-corrected chi connectivity index (χ3v) is 3.87. The second-order valence-electron chi connectivity index (χ2n) is 4.44. The van der Waals surface area contributed by atoms with Crippen LogP contribution in [0.15, 0.2) is 35.7 Å². The number of ether oxygens (including phenoxy) is 1. The third-order valence-electron chi connectivity index (χ3n) is 2.90. The Balaban J connectivity index is 1.99. The molecule has 1 atom stereocenters. The number of halogens is 2. The zero-order valence-corrected chi connectivity index (χ0v) is 12.4. The molecule has 1 amide bonds. The summed E-state index contributed by atoms with van der Waals surface area (Å²) >= 11 is 1.47. The first kappa shape index (κ1) is 16.5. The molecule has 2 rings (SSSR count). The van der Waals surface area contributed by atoms with Gasteiger partial charge in [-0.25, -0.2) is 8.78 Å². The van der Waals surface area contributed by atoms with Crippen LogP contribution < -0.4 is 5.32 Å². The fourth-order valence-electron chi connectivity index (χ4n) is 1.84. The molecule has 0 radical (unpaired) electrons. The highest BCUT2D eigenvalue weighted by Crippen LogP contribution is 2.22. The normalized spacial score (nSPS) is 12.1. The molecule has 0 fully saturated rings. The van der Waals surface area contributed by atoms with Crippen LogP contribution in [-0.4, -0.2) is 30.8 Å². The highest BCUT2D eigenvalue weighted by molar-refractivity contribution is 7.10. The van der Waals surface area contributed by atoms with Crippen LogP contribution >= 0.6 is 11.3 Å². The van der Waals surface area contributed by atoms with Gasteiger partial charge in [-0.2, -0.15) is 0 Å². The lowest BCUT2D eigenvalue weighted by molar-refractivity contribution is 0.0296. The number of hydrogen-bond acceptors (Lipinski definition) is 4. The summed E-state index contributed by atoms with van der Waals surface area (Å²) in [5.41, 5.74) is 0.0333. The topological polar surface area (TPSA) is 58.6 Å². The van der Waals surface area contributed by atoms with Gasteiger partial charge in [-0.3, -0.25) is 4.79 Å². The molecule has 118 valence electrons. The fraction of sp³-hybridized carbons (Fsp3) is 0.267. The minimum atomic E-state index is -1.07. The summed E-state index contributed by atoms with van der Waals surface area (Å²) in [5, 5.41) is 13.3. The fourth-order valence-corrected chi connectivity index (χ4v) is 2.61. The average Bonchev–Trinajstić information content (AvgIpc) is 3.04. The molecule has 0 saturated carbocycles. The van der Waals surface area contributed by atoms with Gasteiger partial charge in [-0.15, -0.1) is 11.3 Å². The van der Waals surface area contributed by atoms with E-state index >= 15 is 0 Å². The molecule has 0 bridgehead atoms. The number of hydrogen-bond donors (Lipinski definition) is 2. The van der Waals surface area contributed by atoms with Gasteiger partial charge >= 0.3 is 0 Å². The Morgan fingerprint density at radius 2 is 2.14 bits per heavy atom. The maximum absolute atomic E-state index is 13.1. The monoisotopic (exact) mass is 327 g/mol. The second kappa shape index (κ2) is 7.98. The Hall–Kier alpha value is -1.83. The van der Waals surface area contributed by atoms with Crippen molar-refractivity contribution in [3.05, 3.63) is 57.8 Å². The van der Waals surface area contributed by atoms with Crippen molar-refractivity contribution in [2.75, 3.05) is 19.8 Å². The van der Waals surface area contributed by atoms with Crippen LogP contribution in [0.1, 0.15) is 21.3 Å². The Labute approximate surface area is 130 Å². The van der Waals surface area contributed by atoms with Gasteiger partial charge in [-0.05, 0) is 29.6 Å². The molecular weight excluding hydrogens is 312 g/mol. The molecule has 0 spiro atoms. The number of benzene rings is 1. The van der Waals surface area contributed by atoms with E-state index in [1.165, 1.54) is 17.4 Å². The van der Waals surface area contributed by atoms with Crippen molar-refractivity contribution in [1.29, 1.82) is 0 Å². The van der Waals surface area contributed by atoms with E-state index in [1.54, 1.807) is 0 Å². The number of rotatable bonds is 7. The number of aliphatic hydroxyl groups is 1. The van der Waals surface area contributed by atoms with Gasteiger partial charge < -0.3 is 15.2 Å². The minimum Gasteiger partial charge on any atom is -0.394 e. The van der Waals surface area contributed by atoms with Gasteiger partial charge in [0.05, 0.1) is 13.2 Å². The quantitative estimate of drug-likeness (QED) is 0.821. The number of nitrogens with one attached hydrogen (secondary N) is 1. The first-order chi connectivity index (χ1) is 10.6. The molecule has 1 aromatic heterocycles. The van der Waals surface area contributed by atoms with E-state index in [2.05, 4.69) is 5.32 Å². The maximum atomic E-state index is 13.1. The number of thiophene rings is 1. The lowest BCUT2D eigenvalue weighted by atomic mass is 10.2. The maximum Gasteiger partial charge on any atom is 0.251 e. The summed E-state index contributed by atoms with van der Waals surface area (Å²) in [5.74, 6) is -2.59. The highest BCUT2D eigenvalue weighted by atomic mass is 32.1. The van der Waals surface area contributed by atoms with Crippen molar-refractivity contribution < 1.29 is 23.4 Å². The van der Waals surface area contributed by atoms with Crippen molar-refractivity contribution in [3.8, 4) is 0 Å². The van der Waals surface area contributed by atoms with Crippen LogP contribution in [0.25, 0.3) is 0 Å². The van der Waals surface area contributed by atoms with Crippen LogP contribution in [0.3, 0.4) is 0 Å². The number of carbonyl (C=O) groups is 1. The number of aliphatic hydroxyl groups excluding tert-OH is 1. The highest BCUT2D eigenvalue weighted by Gasteiger charge is 2.16. The molecule has 2 aromatic rings. The minimum absolute atomic E-state index is 0.0333. The van der Waals surface area contributed by atoms with E-state index in [0.29, 0.717) is 0 Å². The van der Waals surface area contributed by atoms with Gasteiger partial charge in [0.25, 0.3) is 5.91 Å². The zero-order valence-electron chi connectivity index (χ0n) is 11.6. The Morgan fingerprint density at radius 1 is 1.32 bits per heavy atom. The van der Waals surface area contributed by atoms with E-state index in [9.17, 15) is 13.6 Å². The molecular formula is C15H15F2NO3S. The molecule has 0 aliphatic rings. The largest absolute Gasteiger partial charge is 0.394 e. The first-order valence-corrected chi connectivity index (χ1v) is 7.49. The SMILES string of the molecule is O=C(NCC(OCCO)c1cccs1)c1ccc(F)c(F)c1. The number of amides is 1. The van der Waals surface area contributed by atoms with Gasteiger partial charge in [0, 0.05) is 17.0 Å². The lowest BCUT2D eigenvalue weighted by Crippen LogP contribution is -2.29. The van der Waals surface area contributed by atoms with Gasteiger partial charge in [0.1, 0.15) is 6.10 Å². The smallest absolute Gasteiger partial charge is 0.251 e. The summed E-state index contributed by atoms with van der Waals surface area (Å²) in [6.45, 7) is 0.181. The van der Waals surface area contributed by atoms with E-state index in [0.717, 1.165) is 17.0 Å². The van der Waals surface area contributed by atoms with Crippen molar-refractivity contribution >= 4 is 17.2 Å². The summed E-state index contributed by atoms with van der Waals surface area (Å²) < 4.78 is 31.5. The van der Waals surface area contributed by atoms with Crippen LogP contribution in [-0.2, 0) is 4.74 Å². The van der Waals surface area contributed by atoms with E-state index < -0.39 is 23.6 Å². The predicted octanol–water partition coefficient (Wildman–Crippen LogP) is 2.51. The average molecular weight is 327 g/mol. The molecule has 0 aliphatic heterocycles. The molecule has 0 aliphatic carbocycles. The van der Waals surface area contributed by atoms with Crippen molar-refractivity contribution in [2.45, 2.75) is 6.10 Å². The summed E-state index contributed by atoms with van der Waals surface area (Å²) in [6.07, 6.45) is -0.401. The Bertz CT molecular complexity index is 619. The molecule has 22 heavy (non-hydrogen) atoms. The van der Waals surface area contributed by atoms with Gasteiger partial charge in [-0.1, -0.05) is 6.07 Å². The molecule has 2 N–H and O–H groups in total. The standard InChI is InChI=1S/C15H15F2NO3S/c16-11-4-3-10(8-12(11)17)15(20)18-9-13(21-6-5-19)14-2-1-7-22-14/h1-4,7-8,13,19H,5-6,9H2,(H,18,20). The summed E-state index contributed by atoms with van der Waals surface area (Å²) in [6, 6.07) is 6.67. The summed E-state index contributed by atoms with van der Waals surface area (Å²) in [4.78, 5) is 12.9. The molecule has 1 aromatic carbocycles. The second-order valence-corrected chi connectivity index (χ2v) is 5.42. The summed E-state index contributed by atoms with van der Waals surface area (Å²) in [7, 11) is 0. The van der Waals surface area contributed by atoms with Crippen molar-refractivity contribution in [1.82, 2.24) is 5.32 Å². The van der Waals surface area contributed by atoms with E-state index in [1.807, 2.05) is 17.5 Å². The molecule has 1 heterocycles. The molecule has 7 heteroatoms. The van der Waals surface area contributed by atoms with Crippen LogP contribution in [0.5, 0.6) is 0 Å². The van der Waals surface area contributed by atoms with Crippen LogP contribution in [0, 0.1) is 11.6 Å². The van der Waals surface area contributed by atoms with Crippen LogP contribution in [0.4, 0.5) is 8.78 Å². The predicted molar refractivity (Wildman–Crippen MR) is 78.8 cm³/mol. The van der Waals surface area contributed by atoms with Gasteiger partial charge in [0.2, 0.25) is 0 Å².